The molecule has 5 heteroatoms. The molecule has 1 amide bonds. The number of carbonyl (C=O) groups is 1. The molecule has 2 saturated heterocycles. The molecule has 2 aliphatic rings. The van der Waals surface area contributed by atoms with Crippen molar-refractivity contribution in [1.82, 2.24) is 10.6 Å². The summed E-state index contributed by atoms with van der Waals surface area (Å²) in [5.74, 6) is 3.21. The SMILES string of the molecule is O=C(COC1CCNCC1)NCC1CCSCC1. The molecule has 2 fully saturated rings. The number of amides is 1. The highest BCUT2D eigenvalue weighted by atomic mass is 32.2. The molecule has 4 nitrogen and oxygen atoms in total. The maximum absolute atomic E-state index is 11.7. The fraction of sp³-hybridized carbons (Fsp3) is 0.923. The highest BCUT2D eigenvalue weighted by molar-refractivity contribution is 7.99. The lowest BCUT2D eigenvalue weighted by Gasteiger charge is -2.24. The number of hydrogen-bond acceptors (Lipinski definition) is 4. The molecule has 0 unspecified atom stereocenters. The highest BCUT2D eigenvalue weighted by Crippen LogP contribution is 2.21. The lowest BCUT2D eigenvalue weighted by atomic mass is 10.0. The molecule has 0 saturated carbocycles. The number of ether oxygens (including phenoxy) is 1. The van der Waals surface area contributed by atoms with E-state index in [1.807, 2.05) is 11.8 Å². The second kappa shape index (κ2) is 8.02. The number of piperidine rings is 1. The molecule has 2 rings (SSSR count). The zero-order chi connectivity index (χ0) is 12.6. The molecule has 0 atom stereocenters. The van der Waals surface area contributed by atoms with E-state index in [4.69, 9.17) is 4.74 Å². The van der Waals surface area contributed by atoms with Crippen LogP contribution in [0.3, 0.4) is 0 Å². The van der Waals surface area contributed by atoms with E-state index in [9.17, 15) is 4.79 Å². The van der Waals surface area contributed by atoms with Gasteiger partial charge < -0.3 is 15.4 Å². The van der Waals surface area contributed by atoms with Crippen molar-refractivity contribution < 1.29 is 9.53 Å². The molecule has 0 aliphatic carbocycles. The lowest BCUT2D eigenvalue weighted by molar-refractivity contribution is -0.128. The largest absolute Gasteiger partial charge is 0.368 e. The van der Waals surface area contributed by atoms with Gasteiger partial charge in [0.05, 0.1) is 6.10 Å². The Bertz CT molecular complexity index is 227. The summed E-state index contributed by atoms with van der Waals surface area (Å²) < 4.78 is 5.63. The van der Waals surface area contributed by atoms with E-state index in [0.717, 1.165) is 32.5 Å². The molecule has 2 heterocycles. The first-order valence-corrected chi connectivity index (χ1v) is 8.17. The Labute approximate surface area is 114 Å². The Morgan fingerprint density at radius 3 is 2.67 bits per heavy atom. The molecular weight excluding hydrogens is 248 g/mol. The molecular formula is C13H24N2O2S. The van der Waals surface area contributed by atoms with Crippen LogP contribution in [-0.4, -0.2) is 49.8 Å². The minimum absolute atomic E-state index is 0.0479. The van der Waals surface area contributed by atoms with Gasteiger partial charge in [-0.1, -0.05) is 0 Å². The normalized spacial score (nSPS) is 22.9. The second-order valence-corrected chi connectivity index (χ2v) is 6.34. The number of thioether (sulfide) groups is 1. The van der Waals surface area contributed by atoms with Crippen molar-refractivity contribution >= 4 is 17.7 Å². The third-order valence-electron chi connectivity index (χ3n) is 3.67. The van der Waals surface area contributed by atoms with Crippen molar-refractivity contribution in [3.63, 3.8) is 0 Å². The van der Waals surface area contributed by atoms with E-state index in [-0.39, 0.29) is 18.6 Å². The van der Waals surface area contributed by atoms with Crippen molar-refractivity contribution in [2.75, 3.05) is 37.7 Å². The molecule has 2 N–H and O–H groups in total. The number of hydrogen-bond donors (Lipinski definition) is 2. The van der Waals surface area contributed by atoms with Gasteiger partial charge in [0.15, 0.2) is 0 Å². The fourth-order valence-corrected chi connectivity index (χ4v) is 3.62. The van der Waals surface area contributed by atoms with Gasteiger partial charge in [-0.3, -0.25) is 4.79 Å². The predicted octanol–water partition coefficient (Wildman–Crippen LogP) is 1.01. The van der Waals surface area contributed by atoms with Crippen molar-refractivity contribution in [3.8, 4) is 0 Å². The fourth-order valence-electron chi connectivity index (χ4n) is 2.42. The molecule has 0 spiro atoms. The van der Waals surface area contributed by atoms with E-state index < -0.39 is 0 Å². The standard InChI is InChI=1S/C13H24N2O2S/c16-13(10-17-12-1-5-14-6-2-12)15-9-11-3-7-18-8-4-11/h11-12,14H,1-10H2,(H,15,16). The third kappa shape index (κ3) is 5.16. The predicted molar refractivity (Wildman–Crippen MR) is 74.9 cm³/mol. The van der Waals surface area contributed by atoms with Gasteiger partial charge in [0.2, 0.25) is 5.91 Å². The van der Waals surface area contributed by atoms with Crippen LogP contribution < -0.4 is 10.6 Å². The Morgan fingerprint density at radius 2 is 1.94 bits per heavy atom. The van der Waals surface area contributed by atoms with E-state index in [2.05, 4.69) is 10.6 Å². The van der Waals surface area contributed by atoms with Crippen LogP contribution >= 0.6 is 11.8 Å². The van der Waals surface area contributed by atoms with Gasteiger partial charge in [0.25, 0.3) is 0 Å². The van der Waals surface area contributed by atoms with Gasteiger partial charge in [-0.25, -0.2) is 0 Å². The third-order valence-corrected chi connectivity index (χ3v) is 4.71. The van der Waals surface area contributed by atoms with Crippen LogP contribution in [0.4, 0.5) is 0 Å². The number of carbonyl (C=O) groups excluding carboxylic acids is 1. The Morgan fingerprint density at radius 1 is 1.22 bits per heavy atom. The molecule has 0 aromatic heterocycles. The summed E-state index contributed by atoms with van der Waals surface area (Å²) in [6.07, 6.45) is 4.78. The first-order valence-electron chi connectivity index (χ1n) is 7.01. The van der Waals surface area contributed by atoms with Gasteiger partial charge in [0, 0.05) is 6.54 Å². The minimum Gasteiger partial charge on any atom is -0.368 e. The first kappa shape index (κ1) is 14.2. The van der Waals surface area contributed by atoms with Crippen molar-refractivity contribution in [2.24, 2.45) is 5.92 Å². The highest BCUT2D eigenvalue weighted by Gasteiger charge is 2.17. The Kier molecular flexibility index (Phi) is 6.31. The zero-order valence-corrected chi connectivity index (χ0v) is 11.8. The van der Waals surface area contributed by atoms with Crippen LogP contribution in [0, 0.1) is 5.92 Å². The molecule has 0 aromatic carbocycles. The van der Waals surface area contributed by atoms with Crippen LogP contribution in [0.15, 0.2) is 0 Å². The van der Waals surface area contributed by atoms with Crippen LogP contribution in [0.25, 0.3) is 0 Å². The van der Waals surface area contributed by atoms with Crippen LogP contribution in [0.1, 0.15) is 25.7 Å². The summed E-state index contributed by atoms with van der Waals surface area (Å²) in [5, 5.41) is 6.29. The molecule has 0 aromatic rings. The van der Waals surface area contributed by atoms with Crippen LogP contribution in [0.5, 0.6) is 0 Å². The summed E-state index contributed by atoms with van der Waals surface area (Å²) in [4.78, 5) is 11.7. The van der Waals surface area contributed by atoms with Crippen molar-refractivity contribution in [2.45, 2.75) is 31.8 Å². The summed E-state index contributed by atoms with van der Waals surface area (Å²) in [6.45, 7) is 3.07. The smallest absolute Gasteiger partial charge is 0.246 e. The second-order valence-electron chi connectivity index (χ2n) is 5.12. The van der Waals surface area contributed by atoms with Gasteiger partial charge >= 0.3 is 0 Å². The number of rotatable bonds is 5. The first-order chi connectivity index (χ1) is 8.84. The summed E-state index contributed by atoms with van der Waals surface area (Å²) in [5.41, 5.74) is 0. The van der Waals surface area contributed by atoms with E-state index in [1.165, 1.54) is 24.3 Å². The van der Waals surface area contributed by atoms with E-state index >= 15 is 0 Å². The van der Waals surface area contributed by atoms with Crippen molar-refractivity contribution in [1.29, 1.82) is 0 Å². The van der Waals surface area contributed by atoms with E-state index in [0.29, 0.717) is 5.92 Å². The average Bonchev–Trinajstić information content (AvgIpc) is 2.45. The van der Waals surface area contributed by atoms with Gasteiger partial charge in [-0.15, -0.1) is 0 Å². The zero-order valence-electron chi connectivity index (χ0n) is 11.0. The summed E-state index contributed by atoms with van der Waals surface area (Å²) in [7, 11) is 0. The quantitative estimate of drug-likeness (QED) is 0.784. The maximum atomic E-state index is 11.7. The average molecular weight is 272 g/mol. The van der Waals surface area contributed by atoms with Gasteiger partial charge in [-0.2, -0.15) is 11.8 Å². The van der Waals surface area contributed by atoms with Gasteiger partial charge in [0.1, 0.15) is 6.61 Å². The minimum atomic E-state index is 0.0479. The monoisotopic (exact) mass is 272 g/mol. The summed E-state index contributed by atoms with van der Waals surface area (Å²) >= 11 is 2.02. The molecule has 0 bridgehead atoms. The molecule has 2 aliphatic heterocycles. The summed E-state index contributed by atoms with van der Waals surface area (Å²) in [6, 6.07) is 0. The Balaban J connectivity index is 1.54. The van der Waals surface area contributed by atoms with E-state index in [1.54, 1.807) is 0 Å². The maximum Gasteiger partial charge on any atom is 0.246 e. The van der Waals surface area contributed by atoms with Crippen LogP contribution in [0.2, 0.25) is 0 Å². The molecule has 18 heavy (non-hydrogen) atoms. The van der Waals surface area contributed by atoms with Crippen LogP contribution in [-0.2, 0) is 9.53 Å². The number of nitrogens with one attached hydrogen (secondary N) is 2. The Hall–Kier alpha value is -0.260. The topological polar surface area (TPSA) is 50.4 Å². The lowest BCUT2D eigenvalue weighted by Crippen LogP contribution is -2.37. The molecule has 104 valence electrons. The molecule has 0 radical (unpaired) electrons. The van der Waals surface area contributed by atoms with Gasteiger partial charge in [-0.05, 0) is 56.2 Å². The van der Waals surface area contributed by atoms with Crippen molar-refractivity contribution in [3.05, 3.63) is 0 Å².